The molecule has 2 aliphatic heterocycles. The Morgan fingerprint density at radius 2 is 2.00 bits per heavy atom. The third-order valence-electron chi connectivity index (χ3n) is 9.47. The summed E-state index contributed by atoms with van der Waals surface area (Å²) >= 11 is 1.42. The number of carbonyl (C=O) groups excluding carboxylic acids is 1. The van der Waals surface area contributed by atoms with Gasteiger partial charge in [0.1, 0.15) is 35.4 Å². The molecule has 2 aliphatic rings. The van der Waals surface area contributed by atoms with E-state index in [2.05, 4.69) is 17.5 Å². The second kappa shape index (κ2) is 14.0. The first-order chi connectivity index (χ1) is 24.2. The number of aliphatic hydroxyl groups excluding tert-OH is 1. The summed E-state index contributed by atoms with van der Waals surface area (Å²) in [6, 6.07) is 7.48. The quantitative estimate of drug-likeness (QED) is 0.139. The highest BCUT2D eigenvalue weighted by Gasteiger charge is 2.35. The minimum Gasteiger partial charge on any atom is -0.490 e. The van der Waals surface area contributed by atoms with Crippen molar-refractivity contribution in [1.82, 2.24) is 29.5 Å². The normalized spacial score (nSPS) is 17.5. The number of benzene rings is 1. The summed E-state index contributed by atoms with van der Waals surface area (Å²) < 4.78 is 44.6. The number of pyridine rings is 2. The molecule has 0 saturated heterocycles. The minimum atomic E-state index is -0.795. The molecule has 1 aromatic carbocycles. The molecule has 0 bridgehead atoms. The molecule has 10 nitrogen and oxygen atoms in total. The van der Waals surface area contributed by atoms with Crippen LogP contribution in [0.25, 0.3) is 43.9 Å². The third kappa shape index (κ3) is 6.08. The Hall–Kier alpha value is -4.56. The highest BCUT2D eigenvalue weighted by Crippen LogP contribution is 2.47. The van der Waals surface area contributed by atoms with Gasteiger partial charge in [0.2, 0.25) is 5.91 Å². The Bertz CT molecular complexity index is 2100. The van der Waals surface area contributed by atoms with E-state index in [-0.39, 0.29) is 49.1 Å². The van der Waals surface area contributed by atoms with Crippen LogP contribution in [0.3, 0.4) is 0 Å². The molecule has 260 valence electrons. The monoisotopic (exact) mass is 700 g/mol. The highest BCUT2D eigenvalue weighted by atomic mass is 32.1. The number of aliphatic hydroxyl groups is 1. The van der Waals surface area contributed by atoms with E-state index in [4.69, 9.17) is 24.5 Å². The third-order valence-corrected chi connectivity index (χ3v) is 10.4. The first kappa shape index (κ1) is 33.9. The number of amides is 1. The maximum Gasteiger partial charge on any atom is 0.246 e. The first-order valence-corrected chi connectivity index (χ1v) is 17.5. The van der Waals surface area contributed by atoms with Crippen LogP contribution in [-0.2, 0) is 29.0 Å². The molecule has 2 atom stereocenters. The number of carbonyl (C=O) groups is 1. The van der Waals surface area contributed by atoms with Crippen LogP contribution in [0.2, 0.25) is 0 Å². The molecular weight excluding hydrogens is 663 g/mol. The van der Waals surface area contributed by atoms with Crippen LogP contribution in [-0.4, -0.2) is 86.6 Å². The van der Waals surface area contributed by atoms with Crippen molar-refractivity contribution in [2.45, 2.75) is 45.4 Å². The molecule has 0 fully saturated rings. The van der Waals surface area contributed by atoms with E-state index in [1.165, 1.54) is 30.6 Å². The van der Waals surface area contributed by atoms with E-state index in [0.29, 0.717) is 42.3 Å². The lowest BCUT2D eigenvalue weighted by atomic mass is 9.95. The Labute approximate surface area is 292 Å². The van der Waals surface area contributed by atoms with Crippen LogP contribution in [0, 0.1) is 11.6 Å². The molecule has 0 unspecified atom stereocenters. The van der Waals surface area contributed by atoms with Crippen molar-refractivity contribution in [3.05, 3.63) is 83.1 Å². The molecule has 50 heavy (non-hydrogen) atoms. The van der Waals surface area contributed by atoms with Gasteiger partial charge in [0.15, 0.2) is 0 Å². The van der Waals surface area contributed by atoms with Gasteiger partial charge in [-0.05, 0) is 49.1 Å². The number of nitrogens with zero attached hydrogens (tertiary/aromatic N) is 6. The number of halogens is 2. The highest BCUT2D eigenvalue weighted by molar-refractivity contribution is 7.18. The van der Waals surface area contributed by atoms with Crippen LogP contribution in [0.1, 0.15) is 36.8 Å². The van der Waals surface area contributed by atoms with Crippen LogP contribution in [0.4, 0.5) is 8.78 Å². The summed E-state index contributed by atoms with van der Waals surface area (Å²) in [5.41, 5.74) is 5.67. The second-order valence-electron chi connectivity index (χ2n) is 12.6. The average molecular weight is 701 g/mol. The van der Waals surface area contributed by atoms with Gasteiger partial charge < -0.3 is 19.5 Å². The van der Waals surface area contributed by atoms with Gasteiger partial charge in [-0.15, -0.1) is 11.3 Å². The molecule has 7 rings (SSSR count). The van der Waals surface area contributed by atoms with Crippen molar-refractivity contribution in [3.63, 3.8) is 0 Å². The number of thiophene rings is 1. The van der Waals surface area contributed by atoms with Crippen LogP contribution < -0.4 is 4.74 Å². The molecule has 0 saturated carbocycles. The van der Waals surface area contributed by atoms with Gasteiger partial charge in [-0.25, -0.2) is 13.8 Å². The number of hydrogen-bond acceptors (Lipinski definition) is 9. The molecule has 1 amide bonds. The maximum atomic E-state index is 16.2. The molecule has 0 aliphatic carbocycles. The van der Waals surface area contributed by atoms with Crippen LogP contribution in [0.5, 0.6) is 5.75 Å². The maximum absolute atomic E-state index is 16.2. The van der Waals surface area contributed by atoms with Gasteiger partial charge in [-0.3, -0.25) is 19.4 Å². The van der Waals surface area contributed by atoms with E-state index in [0.717, 1.165) is 51.6 Å². The Balaban J connectivity index is 1.46. The summed E-state index contributed by atoms with van der Waals surface area (Å²) in [7, 11) is 1.53. The Morgan fingerprint density at radius 3 is 2.78 bits per heavy atom. The smallest absolute Gasteiger partial charge is 0.246 e. The van der Waals surface area contributed by atoms with Crippen molar-refractivity contribution < 1.29 is 28.2 Å². The van der Waals surface area contributed by atoms with Crippen molar-refractivity contribution in [3.8, 4) is 39.5 Å². The van der Waals surface area contributed by atoms with Crippen LogP contribution in [0.15, 0.2) is 54.6 Å². The Morgan fingerprint density at radius 1 is 1.16 bits per heavy atom. The largest absolute Gasteiger partial charge is 0.490 e. The average Bonchev–Trinajstić information content (AvgIpc) is 3.76. The van der Waals surface area contributed by atoms with Gasteiger partial charge in [0, 0.05) is 84.4 Å². The summed E-state index contributed by atoms with van der Waals surface area (Å²) in [5, 5.41) is 17.3. The van der Waals surface area contributed by atoms with Gasteiger partial charge in [0.05, 0.1) is 42.8 Å². The van der Waals surface area contributed by atoms with Gasteiger partial charge in [-0.1, -0.05) is 6.58 Å². The predicted molar refractivity (Wildman–Crippen MR) is 188 cm³/mol. The number of aromatic nitrogens is 4. The van der Waals surface area contributed by atoms with E-state index >= 15 is 4.39 Å². The minimum absolute atomic E-state index is 0.0261. The lowest BCUT2D eigenvalue weighted by Gasteiger charge is -2.38. The Kier molecular flexibility index (Phi) is 9.49. The number of ether oxygens (including phenoxy) is 2. The molecular formula is C37H38F2N6O4S. The standard InChI is InChI=1S/C37H38F2N6O4S/c1-5-32(47)45-21(2)19-44-30(22(45)3)17-29(42-44)36-34(33-27(39)15-25(38)16-31(33)49-12-11-48-4)37-26(7-13-50-37)35(41-36)23-14-24-20-43(9-10-46)8-6-28(24)40-18-23/h5,7,13-18,21-22,46H,1,6,8-12,19-20H2,2-4H3/t21-,22+/m1/s1. The van der Waals surface area contributed by atoms with Crippen molar-refractivity contribution in [2.24, 2.45) is 0 Å². The summed E-state index contributed by atoms with van der Waals surface area (Å²) in [6.45, 7) is 10.5. The van der Waals surface area contributed by atoms with Crippen molar-refractivity contribution in [2.75, 3.05) is 40.0 Å². The zero-order chi connectivity index (χ0) is 35.1. The zero-order valence-electron chi connectivity index (χ0n) is 28.2. The number of hydrogen-bond donors (Lipinski definition) is 1. The molecule has 0 spiro atoms. The fourth-order valence-corrected chi connectivity index (χ4v) is 8.10. The molecule has 5 aromatic rings. The van der Waals surface area contributed by atoms with Gasteiger partial charge >= 0.3 is 0 Å². The molecule has 6 heterocycles. The fraction of sp³-hybridized carbons (Fsp3) is 0.351. The predicted octanol–water partition coefficient (Wildman–Crippen LogP) is 6.02. The number of fused-ring (bicyclic) bond motifs is 3. The van der Waals surface area contributed by atoms with Gasteiger partial charge in [-0.2, -0.15) is 5.10 Å². The molecule has 13 heteroatoms. The van der Waals surface area contributed by atoms with Gasteiger partial charge in [0.25, 0.3) is 0 Å². The molecule has 0 radical (unpaired) electrons. The molecule has 4 aromatic heterocycles. The first-order valence-electron chi connectivity index (χ1n) is 16.6. The zero-order valence-corrected chi connectivity index (χ0v) is 29.0. The lowest BCUT2D eigenvalue weighted by Crippen LogP contribution is -2.46. The summed E-state index contributed by atoms with van der Waals surface area (Å²) in [4.78, 5) is 26.9. The topological polar surface area (TPSA) is 106 Å². The number of rotatable bonds is 10. The van der Waals surface area contributed by atoms with E-state index < -0.39 is 11.6 Å². The fourth-order valence-electron chi connectivity index (χ4n) is 7.16. The summed E-state index contributed by atoms with van der Waals surface area (Å²) in [5.74, 6) is -1.71. The van der Waals surface area contributed by atoms with E-state index in [1.807, 2.05) is 42.2 Å². The lowest BCUT2D eigenvalue weighted by molar-refractivity contribution is -0.131. The van der Waals surface area contributed by atoms with E-state index in [9.17, 15) is 14.3 Å². The SMILES string of the molecule is C=CC(=O)N1[C@H](C)Cn2nc(-c3nc(-c4cnc5c(c4)CN(CCO)CC5)c4ccsc4c3-c3c(F)cc(F)cc3OCCOC)cc2[C@@H]1C. The van der Waals surface area contributed by atoms with E-state index in [1.54, 1.807) is 4.90 Å². The molecule has 1 N–H and O–H groups in total. The summed E-state index contributed by atoms with van der Waals surface area (Å²) in [6.07, 6.45) is 3.91. The van der Waals surface area contributed by atoms with Crippen molar-refractivity contribution in [1.29, 1.82) is 0 Å². The van der Waals surface area contributed by atoms with Crippen LogP contribution >= 0.6 is 11.3 Å². The number of β-amino-alcohol motifs (C(OH)–C–C–N with tert-alkyl or cyclic N) is 1. The van der Waals surface area contributed by atoms with Crippen molar-refractivity contribution >= 4 is 27.3 Å². The second-order valence-corrected chi connectivity index (χ2v) is 13.6. The number of methoxy groups -OCH3 is 1.